The third-order valence-corrected chi connectivity index (χ3v) is 2.61. The van der Waals surface area contributed by atoms with Gasteiger partial charge in [-0.25, -0.2) is 0 Å². The zero-order valence-electron chi connectivity index (χ0n) is 12.2. The van der Waals surface area contributed by atoms with Gasteiger partial charge in [-0.15, -0.1) is 0 Å². The molecule has 0 bridgehead atoms. The fourth-order valence-corrected chi connectivity index (χ4v) is 1.41. The Hall–Kier alpha value is -0.875. The molecule has 6 N–H and O–H groups in total. The van der Waals surface area contributed by atoms with Crippen LogP contribution in [-0.4, -0.2) is 58.3 Å². The van der Waals surface area contributed by atoms with Crippen LogP contribution >= 0.6 is 12.6 Å². The standard InChI is InChI=1S/C10H17N3O6S.CH3.Hg/c11-5(10(18)19)1-2-7(14)13-6(4-20)9(17)12-3-8(15)16;;/h5-6,20H,1-4,11H2,(H,12,17)(H,13,14)(H,15,16)(H,18,19);1H3;/q;;+1/t5-,6+;;/m1../s1. The van der Waals surface area contributed by atoms with Gasteiger partial charge in [0.05, 0.1) is 0 Å². The first-order valence-electron chi connectivity index (χ1n) is 6.36. The summed E-state index contributed by atoms with van der Waals surface area (Å²) in [4.78, 5) is 43.7. The molecule has 2 atom stereocenters. The van der Waals surface area contributed by atoms with Crippen molar-refractivity contribution < 1.29 is 55.5 Å². The summed E-state index contributed by atoms with van der Waals surface area (Å²) in [5.74, 6) is -3.70. The molecule has 2 amide bonds. The number of carbonyl (C=O) groups is 4. The number of hydrogen-bond donors (Lipinski definition) is 6. The molecule has 0 aromatic rings. The average Bonchev–Trinajstić information content (AvgIpc) is 2.49. The fourth-order valence-electron chi connectivity index (χ4n) is 1.16. The van der Waals surface area contributed by atoms with Crippen LogP contribution in [0.15, 0.2) is 0 Å². The number of nitrogens with one attached hydrogen (secondary N) is 2. The Morgan fingerprint density at radius 3 is 2.18 bits per heavy atom. The van der Waals surface area contributed by atoms with E-state index in [9.17, 15) is 19.2 Å². The minimum atomic E-state index is -1.22. The Labute approximate surface area is 149 Å². The zero-order chi connectivity index (χ0) is 17.7. The van der Waals surface area contributed by atoms with E-state index in [-0.39, 0.29) is 18.6 Å². The Morgan fingerprint density at radius 1 is 1.23 bits per heavy atom. The maximum atomic E-state index is 11.5. The van der Waals surface area contributed by atoms with Crippen LogP contribution in [0.25, 0.3) is 0 Å². The molecular weight excluding hydrogens is 503 g/mol. The van der Waals surface area contributed by atoms with Gasteiger partial charge in [0.15, 0.2) is 0 Å². The topological polar surface area (TPSA) is 159 Å². The van der Waals surface area contributed by atoms with E-state index in [0.717, 1.165) is 26.1 Å². The molecule has 0 saturated heterocycles. The molecule has 0 aliphatic carbocycles. The van der Waals surface area contributed by atoms with Gasteiger partial charge in [0, 0.05) is 12.2 Å². The van der Waals surface area contributed by atoms with Gasteiger partial charge in [-0.1, -0.05) is 0 Å². The molecule has 0 heterocycles. The predicted molar refractivity (Wildman–Crippen MR) is 77.1 cm³/mol. The van der Waals surface area contributed by atoms with Crippen LogP contribution in [0, 0.1) is 0 Å². The van der Waals surface area contributed by atoms with Crippen LogP contribution in [0.5, 0.6) is 0 Å². The van der Waals surface area contributed by atoms with Crippen LogP contribution in [0.3, 0.4) is 0 Å². The van der Waals surface area contributed by atoms with Crippen molar-refractivity contribution in [2.45, 2.75) is 29.4 Å². The van der Waals surface area contributed by atoms with E-state index in [4.69, 9.17) is 15.9 Å². The van der Waals surface area contributed by atoms with E-state index < -0.39 is 42.4 Å². The van der Waals surface area contributed by atoms with E-state index in [2.05, 4.69) is 27.7 Å². The van der Waals surface area contributed by atoms with Crippen molar-refractivity contribution in [3.05, 3.63) is 0 Å². The average molecular weight is 523 g/mol. The van der Waals surface area contributed by atoms with E-state index in [0.29, 0.717) is 0 Å². The predicted octanol–water partition coefficient (Wildman–Crippen LogP) is -1.62. The van der Waals surface area contributed by atoms with Gasteiger partial charge in [-0.3, -0.25) is 19.2 Å². The molecule has 0 aliphatic rings. The number of carboxylic acids is 2. The second kappa shape index (κ2) is 13.8. The fraction of sp³-hybridized carbons (Fsp3) is 0.636. The quantitative estimate of drug-likeness (QED) is 0.157. The molecule has 0 aliphatic heterocycles. The summed E-state index contributed by atoms with van der Waals surface area (Å²) in [5, 5.41) is 21.4. The second-order valence-electron chi connectivity index (χ2n) is 3.90. The molecule has 0 spiro atoms. The molecular formula is C11H20HgN3O6S+. The summed E-state index contributed by atoms with van der Waals surface area (Å²) in [6, 6.07) is -2.15. The molecule has 0 fully saturated rings. The van der Waals surface area contributed by atoms with Gasteiger partial charge in [-0.2, -0.15) is 12.6 Å². The number of amides is 2. The summed E-state index contributed by atoms with van der Waals surface area (Å²) in [5.41, 5.74) is 5.23. The number of carboxylic acid groups (broad SMARTS) is 2. The van der Waals surface area contributed by atoms with Crippen LogP contribution < -0.4 is 16.4 Å². The molecule has 0 aromatic carbocycles. The summed E-state index contributed by atoms with van der Waals surface area (Å²) >= 11 is 4.90. The molecule has 9 nitrogen and oxygen atoms in total. The molecule has 0 rings (SSSR count). The number of thiol groups is 1. The Kier molecular flexibility index (Phi) is 14.6. The van der Waals surface area contributed by atoms with Gasteiger partial charge in [-0.05, 0) is 6.42 Å². The van der Waals surface area contributed by atoms with Gasteiger partial charge >= 0.3 is 42.5 Å². The molecule has 0 unspecified atom stereocenters. The zero-order valence-corrected chi connectivity index (χ0v) is 18.6. The molecule has 0 aromatic heterocycles. The van der Waals surface area contributed by atoms with E-state index in [1.807, 2.05) is 0 Å². The summed E-state index contributed by atoms with van der Waals surface area (Å²) in [7, 11) is 0. The number of rotatable bonds is 9. The molecule has 0 radical (unpaired) electrons. The number of aliphatic carboxylic acids is 2. The van der Waals surface area contributed by atoms with Crippen molar-refractivity contribution in [1.82, 2.24) is 10.6 Å². The third-order valence-electron chi connectivity index (χ3n) is 2.25. The summed E-state index contributed by atoms with van der Waals surface area (Å²) < 4.78 is 2.19. The van der Waals surface area contributed by atoms with Gasteiger partial charge in [0.2, 0.25) is 11.8 Å². The van der Waals surface area contributed by atoms with Crippen molar-refractivity contribution in [2.24, 2.45) is 5.73 Å². The van der Waals surface area contributed by atoms with Gasteiger partial charge in [0.1, 0.15) is 18.6 Å². The normalized spacial score (nSPS) is 12.2. The molecule has 0 saturated carbocycles. The van der Waals surface area contributed by atoms with Crippen LogP contribution in [0.2, 0.25) is 4.43 Å². The van der Waals surface area contributed by atoms with Crippen molar-refractivity contribution in [3.8, 4) is 0 Å². The first-order chi connectivity index (χ1) is 10.3. The maximum absolute atomic E-state index is 11.5. The summed E-state index contributed by atoms with van der Waals surface area (Å²) in [6.45, 7) is -0.567. The number of nitrogens with two attached hydrogens (primary N) is 1. The first kappa shape index (κ1) is 23.4. The minimum absolute atomic E-state index is 0.0256. The monoisotopic (exact) mass is 524 g/mol. The molecule has 11 heteroatoms. The summed E-state index contributed by atoms with van der Waals surface area (Å²) in [6.07, 6.45) is -0.235. The van der Waals surface area contributed by atoms with Crippen molar-refractivity contribution in [3.63, 3.8) is 0 Å². The van der Waals surface area contributed by atoms with Gasteiger partial charge < -0.3 is 26.6 Å². The van der Waals surface area contributed by atoms with Crippen LogP contribution in [0.4, 0.5) is 0 Å². The van der Waals surface area contributed by atoms with Crippen molar-refractivity contribution in [2.75, 3.05) is 12.3 Å². The van der Waals surface area contributed by atoms with Crippen LogP contribution in [-0.2, 0) is 45.3 Å². The van der Waals surface area contributed by atoms with Crippen molar-refractivity contribution >= 4 is 36.4 Å². The Morgan fingerprint density at radius 2 is 1.77 bits per heavy atom. The number of hydrogen-bond acceptors (Lipinski definition) is 6. The van der Waals surface area contributed by atoms with Crippen molar-refractivity contribution in [1.29, 1.82) is 0 Å². The third kappa shape index (κ3) is 11.7. The Bertz CT molecular complexity index is 396. The number of carbonyl (C=O) groups excluding carboxylic acids is 2. The Balaban J connectivity index is 0. The van der Waals surface area contributed by atoms with E-state index >= 15 is 0 Å². The van der Waals surface area contributed by atoms with E-state index in [1.54, 1.807) is 0 Å². The molecule has 122 valence electrons. The second-order valence-corrected chi connectivity index (χ2v) is 4.26. The van der Waals surface area contributed by atoms with Gasteiger partial charge in [0.25, 0.3) is 0 Å². The van der Waals surface area contributed by atoms with Crippen LogP contribution in [0.1, 0.15) is 12.8 Å². The van der Waals surface area contributed by atoms with E-state index in [1.165, 1.54) is 0 Å². The molecule has 22 heavy (non-hydrogen) atoms. The first-order valence-corrected chi connectivity index (χ1v) is 12.5. The SMILES string of the molecule is N[C@H](CCC(=O)N[C@@H](CS)C(=O)NCC(=O)O)C(=O)O.[CH3][Hg+].